The van der Waals surface area contributed by atoms with Crippen molar-refractivity contribution in [2.75, 3.05) is 7.05 Å². The zero-order valence-electron chi connectivity index (χ0n) is 11.7. The highest BCUT2D eigenvalue weighted by molar-refractivity contribution is 6.27. The lowest BCUT2D eigenvalue weighted by molar-refractivity contribution is -0.142. The predicted octanol–water partition coefficient (Wildman–Crippen LogP) is 0.602. The molecule has 0 bridgehead atoms. The maximum atomic E-state index is 12.9. The monoisotopic (exact) mass is 326 g/mol. The molecule has 0 saturated carbocycles. The number of carbonyl (C=O) groups is 4. The summed E-state index contributed by atoms with van der Waals surface area (Å²) in [7, 11) is 1.11. The van der Waals surface area contributed by atoms with Crippen LogP contribution < -0.4 is 5.32 Å². The van der Waals surface area contributed by atoms with Gasteiger partial charge in [-0.15, -0.1) is 0 Å². The van der Waals surface area contributed by atoms with E-state index in [2.05, 4.69) is 0 Å². The molecule has 1 fully saturated rings. The normalized spacial score (nSPS) is 24.3. The lowest BCUT2D eigenvalue weighted by Crippen LogP contribution is -2.56. The number of amides is 4. The fourth-order valence-electron chi connectivity index (χ4n) is 2.92. The van der Waals surface area contributed by atoms with Gasteiger partial charge in [-0.2, -0.15) is 13.2 Å². The molecule has 1 unspecified atom stereocenters. The van der Waals surface area contributed by atoms with Crippen molar-refractivity contribution in [2.45, 2.75) is 18.0 Å². The summed E-state index contributed by atoms with van der Waals surface area (Å²) in [6.07, 6.45) is -5.35. The molecule has 2 aliphatic rings. The third-order valence-electron chi connectivity index (χ3n) is 4.08. The summed E-state index contributed by atoms with van der Waals surface area (Å²) in [5.74, 6) is -3.64. The van der Waals surface area contributed by atoms with Crippen LogP contribution in [0.1, 0.15) is 27.9 Å². The van der Waals surface area contributed by atoms with Crippen molar-refractivity contribution in [3.63, 3.8) is 0 Å². The smallest absolute Gasteiger partial charge is 0.295 e. The minimum absolute atomic E-state index is 0.204. The standard InChI is InChI=1S/C14H9F3N2O4/c1-19-10(21)7-3-2-6(14(15,16)17)4-8(7)13(12(19)23)5-9(20)18-11(13)22/h2-4H,5H2,1H3,(H,18,20,22). The third-order valence-corrected chi connectivity index (χ3v) is 4.08. The van der Waals surface area contributed by atoms with Crippen LogP contribution in [-0.2, 0) is 26.0 Å². The Balaban J connectivity index is 2.33. The number of imide groups is 2. The van der Waals surface area contributed by atoms with Gasteiger partial charge >= 0.3 is 6.18 Å². The summed E-state index contributed by atoms with van der Waals surface area (Å²) < 4.78 is 38.8. The van der Waals surface area contributed by atoms with E-state index < -0.39 is 47.2 Å². The lowest BCUT2D eigenvalue weighted by atomic mass is 9.72. The molecule has 2 heterocycles. The van der Waals surface area contributed by atoms with Gasteiger partial charge in [0.25, 0.3) is 5.91 Å². The molecule has 2 aliphatic heterocycles. The maximum Gasteiger partial charge on any atom is 0.416 e. The van der Waals surface area contributed by atoms with E-state index in [0.29, 0.717) is 17.0 Å². The quantitative estimate of drug-likeness (QED) is 0.559. The van der Waals surface area contributed by atoms with Gasteiger partial charge in [0.1, 0.15) is 0 Å². The zero-order chi connectivity index (χ0) is 17.2. The molecule has 6 nitrogen and oxygen atoms in total. The molecule has 3 rings (SSSR count). The molecule has 1 spiro atoms. The number of alkyl halides is 3. The van der Waals surface area contributed by atoms with Crippen LogP contribution in [0, 0.1) is 0 Å². The second-order valence-electron chi connectivity index (χ2n) is 5.39. The first kappa shape index (κ1) is 15.2. The first-order chi connectivity index (χ1) is 10.6. The van der Waals surface area contributed by atoms with E-state index >= 15 is 0 Å². The number of hydrogen-bond donors (Lipinski definition) is 1. The van der Waals surface area contributed by atoms with E-state index in [0.717, 1.165) is 13.1 Å². The van der Waals surface area contributed by atoms with E-state index in [1.165, 1.54) is 0 Å². The molecule has 9 heteroatoms. The minimum atomic E-state index is -4.72. The Hall–Kier alpha value is -2.71. The highest BCUT2D eigenvalue weighted by Gasteiger charge is 2.60. The van der Waals surface area contributed by atoms with Gasteiger partial charge in [0.15, 0.2) is 5.41 Å². The molecule has 1 aromatic carbocycles. The second kappa shape index (κ2) is 4.40. The van der Waals surface area contributed by atoms with Crippen LogP contribution in [-0.4, -0.2) is 35.6 Å². The zero-order valence-corrected chi connectivity index (χ0v) is 11.7. The first-order valence-electron chi connectivity index (χ1n) is 6.47. The predicted molar refractivity (Wildman–Crippen MR) is 68.0 cm³/mol. The number of likely N-dealkylation sites (N-methyl/N-ethyl adjacent to an activating group) is 1. The second-order valence-corrected chi connectivity index (χ2v) is 5.39. The van der Waals surface area contributed by atoms with E-state index in [1.807, 2.05) is 5.32 Å². The van der Waals surface area contributed by atoms with Gasteiger partial charge in [0.05, 0.1) is 12.0 Å². The molecule has 1 saturated heterocycles. The van der Waals surface area contributed by atoms with Crippen LogP contribution in [0.5, 0.6) is 0 Å². The van der Waals surface area contributed by atoms with Crippen LogP contribution in [0.15, 0.2) is 18.2 Å². The average Bonchev–Trinajstić information content (AvgIpc) is 2.77. The first-order valence-corrected chi connectivity index (χ1v) is 6.47. The van der Waals surface area contributed by atoms with E-state index in [4.69, 9.17) is 0 Å². The van der Waals surface area contributed by atoms with Crippen LogP contribution in [0.4, 0.5) is 13.2 Å². The molecular weight excluding hydrogens is 317 g/mol. The highest BCUT2D eigenvalue weighted by atomic mass is 19.4. The number of fused-ring (bicyclic) bond motifs is 2. The minimum Gasteiger partial charge on any atom is -0.295 e. The van der Waals surface area contributed by atoms with Crippen molar-refractivity contribution in [1.82, 2.24) is 10.2 Å². The summed E-state index contributed by atoms with van der Waals surface area (Å²) in [6.45, 7) is 0. The van der Waals surface area contributed by atoms with E-state index in [-0.39, 0.29) is 11.1 Å². The Kier molecular flexibility index (Phi) is 2.91. The molecule has 4 amide bonds. The Bertz CT molecular complexity index is 787. The summed E-state index contributed by atoms with van der Waals surface area (Å²) in [5.41, 5.74) is -3.82. The molecule has 0 aliphatic carbocycles. The number of nitrogens with zero attached hydrogens (tertiary/aromatic N) is 1. The largest absolute Gasteiger partial charge is 0.416 e. The van der Waals surface area contributed by atoms with Gasteiger partial charge in [-0.05, 0) is 23.8 Å². The van der Waals surface area contributed by atoms with Gasteiger partial charge in [-0.3, -0.25) is 29.4 Å². The summed E-state index contributed by atoms with van der Waals surface area (Å²) in [5, 5.41) is 1.92. The van der Waals surface area contributed by atoms with Crippen molar-refractivity contribution < 1.29 is 32.3 Å². The summed E-state index contributed by atoms with van der Waals surface area (Å²) >= 11 is 0. The number of nitrogens with one attached hydrogen (secondary N) is 1. The lowest BCUT2D eigenvalue weighted by Gasteiger charge is -2.35. The maximum absolute atomic E-state index is 12.9. The topological polar surface area (TPSA) is 83.6 Å². The summed E-state index contributed by atoms with van der Waals surface area (Å²) in [4.78, 5) is 48.9. The van der Waals surface area contributed by atoms with Gasteiger partial charge in [-0.25, -0.2) is 0 Å². The van der Waals surface area contributed by atoms with Gasteiger partial charge in [-0.1, -0.05) is 0 Å². The molecule has 23 heavy (non-hydrogen) atoms. The Morgan fingerprint density at radius 2 is 1.83 bits per heavy atom. The van der Waals surface area contributed by atoms with E-state index in [9.17, 15) is 32.3 Å². The highest BCUT2D eigenvalue weighted by Crippen LogP contribution is 2.42. The van der Waals surface area contributed by atoms with Gasteiger partial charge in [0.2, 0.25) is 17.7 Å². The molecule has 1 atom stereocenters. The molecular formula is C14H9F3N2O4. The van der Waals surface area contributed by atoms with Gasteiger partial charge in [0, 0.05) is 12.6 Å². The number of hydrogen-bond acceptors (Lipinski definition) is 4. The van der Waals surface area contributed by atoms with Crippen molar-refractivity contribution >= 4 is 23.6 Å². The molecule has 0 radical (unpaired) electrons. The average molecular weight is 326 g/mol. The third kappa shape index (κ3) is 1.89. The summed E-state index contributed by atoms with van der Waals surface area (Å²) in [6, 6.07) is 2.21. The fourth-order valence-corrected chi connectivity index (χ4v) is 2.92. The Labute approximate surface area is 127 Å². The van der Waals surface area contributed by atoms with Gasteiger partial charge < -0.3 is 0 Å². The van der Waals surface area contributed by atoms with Crippen molar-refractivity contribution in [3.8, 4) is 0 Å². The molecule has 0 aromatic heterocycles. The van der Waals surface area contributed by atoms with Crippen molar-refractivity contribution in [2.24, 2.45) is 0 Å². The van der Waals surface area contributed by atoms with Crippen LogP contribution in [0.3, 0.4) is 0 Å². The van der Waals surface area contributed by atoms with Crippen LogP contribution >= 0.6 is 0 Å². The SMILES string of the molecule is CN1C(=O)c2ccc(C(F)(F)F)cc2C2(CC(=O)NC2=O)C1=O. The Morgan fingerprint density at radius 1 is 1.17 bits per heavy atom. The van der Waals surface area contributed by atoms with Crippen molar-refractivity contribution in [1.29, 1.82) is 0 Å². The molecule has 1 aromatic rings. The number of halogens is 3. The Morgan fingerprint density at radius 3 is 2.35 bits per heavy atom. The van der Waals surface area contributed by atoms with Crippen LogP contribution in [0.2, 0.25) is 0 Å². The number of carbonyl (C=O) groups excluding carboxylic acids is 4. The van der Waals surface area contributed by atoms with Crippen LogP contribution in [0.25, 0.3) is 0 Å². The molecule has 1 N–H and O–H groups in total. The fraction of sp³-hybridized carbons (Fsp3) is 0.286. The van der Waals surface area contributed by atoms with E-state index in [1.54, 1.807) is 0 Å². The van der Waals surface area contributed by atoms with Crippen molar-refractivity contribution in [3.05, 3.63) is 34.9 Å². The molecule has 120 valence electrons. The number of benzene rings is 1. The number of rotatable bonds is 0.